The highest BCUT2D eigenvalue weighted by Crippen LogP contribution is 2.32. The summed E-state index contributed by atoms with van der Waals surface area (Å²) in [5, 5.41) is 11.0. The molecule has 2 amide bonds. The lowest BCUT2D eigenvalue weighted by Gasteiger charge is -2.34. The molecule has 1 aromatic rings. The van der Waals surface area contributed by atoms with E-state index >= 15 is 0 Å². The first-order chi connectivity index (χ1) is 12.7. The molecule has 1 unspecified atom stereocenters. The lowest BCUT2D eigenvalue weighted by atomic mass is 10.0. The molecule has 3 heterocycles. The summed E-state index contributed by atoms with van der Waals surface area (Å²) in [5.41, 5.74) is -0.478. The van der Waals surface area contributed by atoms with E-state index in [4.69, 9.17) is 4.74 Å². The minimum absolute atomic E-state index is 0.0248. The van der Waals surface area contributed by atoms with E-state index < -0.39 is 5.60 Å². The van der Waals surface area contributed by atoms with Crippen molar-refractivity contribution in [1.29, 1.82) is 0 Å². The number of likely N-dealkylation sites (N-methyl/N-ethyl adjacent to an activating group) is 1. The van der Waals surface area contributed by atoms with Gasteiger partial charge in [0.05, 0.1) is 19.6 Å². The molecule has 0 radical (unpaired) electrons. The summed E-state index contributed by atoms with van der Waals surface area (Å²) >= 11 is 0. The van der Waals surface area contributed by atoms with Crippen LogP contribution in [-0.2, 0) is 22.7 Å². The Hall–Kier alpha value is -2.00. The number of likely N-dealkylation sites (tertiary alicyclic amines) is 1. The van der Waals surface area contributed by atoms with Gasteiger partial charge in [-0.2, -0.15) is 0 Å². The first-order valence-corrected chi connectivity index (χ1v) is 9.56. The summed E-state index contributed by atoms with van der Waals surface area (Å²) < 4.78 is 7.94. The van der Waals surface area contributed by atoms with Crippen LogP contribution < -0.4 is 5.32 Å². The van der Waals surface area contributed by atoms with Crippen molar-refractivity contribution in [2.45, 2.75) is 65.0 Å². The predicted molar refractivity (Wildman–Crippen MR) is 99.1 cm³/mol. The molecule has 2 aliphatic heterocycles. The van der Waals surface area contributed by atoms with Gasteiger partial charge >= 0.3 is 0 Å². The number of amides is 2. The number of fused-ring (bicyclic) bond motifs is 1. The van der Waals surface area contributed by atoms with Gasteiger partial charge < -0.3 is 19.5 Å². The van der Waals surface area contributed by atoms with E-state index in [0.717, 1.165) is 6.42 Å². The largest absolute Gasteiger partial charge is 0.363 e. The molecule has 27 heavy (non-hydrogen) atoms. The average Bonchev–Trinajstić information content (AvgIpc) is 3.18. The highest BCUT2D eigenvalue weighted by Gasteiger charge is 2.45. The van der Waals surface area contributed by atoms with E-state index in [1.165, 1.54) is 0 Å². The van der Waals surface area contributed by atoms with Crippen LogP contribution in [0.1, 0.15) is 50.6 Å². The fraction of sp³-hybridized carbons (Fsp3) is 0.778. The van der Waals surface area contributed by atoms with Crippen LogP contribution in [0.2, 0.25) is 0 Å². The fourth-order valence-corrected chi connectivity index (χ4v) is 3.45. The molecule has 150 valence electrons. The quantitative estimate of drug-likeness (QED) is 0.790. The third-order valence-corrected chi connectivity index (χ3v) is 5.34. The lowest BCUT2D eigenvalue weighted by Crippen LogP contribution is -2.47. The standard InChI is InChI=1S/C18H30N6O3/c1-12(2)19-17(26)16-21-20-14-9-27-18(11-24(14)16)6-7-23(10-18)15(25)8-22(5)13(3)4/h12-13H,6-11H2,1-5H3,(H,19,26). The number of carbonyl (C=O) groups excluding carboxylic acids is 2. The monoisotopic (exact) mass is 378 g/mol. The summed E-state index contributed by atoms with van der Waals surface area (Å²) in [7, 11) is 1.95. The van der Waals surface area contributed by atoms with E-state index in [1.54, 1.807) is 0 Å². The molecule has 1 fully saturated rings. The first kappa shape index (κ1) is 19.8. The van der Waals surface area contributed by atoms with Gasteiger partial charge in [-0.1, -0.05) is 0 Å². The molecule has 1 N–H and O–H groups in total. The molecular weight excluding hydrogens is 348 g/mol. The molecule has 2 aliphatic rings. The number of nitrogens with zero attached hydrogens (tertiary/aromatic N) is 5. The normalized spacial score (nSPS) is 22.1. The Balaban J connectivity index is 1.70. The zero-order chi connectivity index (χ0) is 19.8. The van der Waals surface area contributed by atoms with E-state index in [-0.39, 0.29) is 17.9 Å². The molecule has 9 heteroatoms. The molecule has 0 aliphatic carbocycles. The summed E-state index contributed by atoms with van der Waals surface area (Å²) in [4.78, 5) is 28.9. The lowest BCUT2D eigenvalue weighted by molar-refractivity contribution is -0.134. The van der Waals surface area contributed by atoms with Crippen LogP contribution in [0, 0.1) is 0 Å². The molecule has 1 spiro atoms. The molecule has 0 bridgehead atoms. The number of ether oxygens (including phenoxy) is 1. The van der Waals surface area contributed by atoms with Gasteiger partial charge in [0.15, 0.2) is 5.82 Å². The Morgan fingerprint density at radius 1 is 1.26 bits per heavy atom. The number of hydrogen-bond acceptors (Lipinski definition) is 6. The van der Waals surface area contributed by atoms with Crippen LogP contribution in [0.25, 0.3) is 0 Å². The minimum Gasteiger partial charge on any atom is -0.363 e. The van der Waals surface area contributed by atoms with Gasteiger partial charge in [-0.25, -0.2) is 0 Å². The first-order valence-electron chi connectivity index (χ1n) is 9.56. The highest BCUT2D eigenvalue weighted by molar-refractivity contribution is 5.90. The summed E-state index contributed by atoms with van der Waals surface area (Å²) in [6.45, 7) is 10.3. The molecule has 0 saturated carbocycles. The minimum atomic E-state index is -0.478. The van der Waals surface area contributed by atoms with Crippen molar-refractivity contribution in [3.63, 3.8) is 0 Å². The Kier molecular flexibility index (Phi) is 5.53. The molecule has 3 rings (SSSR count). The van der Waals surface area contributed by atoms with Crippen LogP contribution in [0.4, 0.5) is 0 Å². The van der Waals surface area contributed by atoms with Crippen molar-refractivity contribution >= 4 is 11.8 Å². The zero-order valence-corrected chi connectivity index (χ0v) is 16.9. The second-order valence-corrected chi connectivity index (χ2v) is 8.20. The van der Waals surface area contributed by atoms with Gasteiger partial charge in [-0.05, 0) is 41.2 Å². The summed E-state index contributed by atoms with van der Waals surface area (Å²) in [5.74, 6) is 0.842. The van der Waals surface area contributed by atoms with E-state index in [0.29, 0.717) is 50.5 Å². The van der Waals surface area contributed by atoms with Crippen LogP contribution >= 0.6 is 0 Å². The average molecular weight is 378 g/mol. The maximum atomic E-state index is 12.6. The van der Waals surface area contributed by atoms with Crippen molar-refractivity contribution in [2.24, 2.45) is 0 Å². The number of nitrogens with one attached hydrogen (secondary N) is 1. The van der Waals surface area contributed by atoms with Gasteiger partial charge in [0.2, 0.25) is 11.7 Å². The highest BCUT2D eigenvalue weighted by atomic mass is 16.5. The SMILES string of the molecule is CC(C)NC(=O)c1nnc2n1CC1(CCN(C(=O)CN(C)C(C)C)C1)OC2. The van der Waals surface area contributed by atoms with Gasteiger partial charge in [0, 0.05) is 18.6 Å². The Bertz CT molecular complexity index is 716. The van der Waals surface area contributed by atoms with Crippen LogP contribution in [-0.4, -0.2) is 80.7 Å². The Labute approximate surface area is 160 Å². The Morgan fingerprint density at radius 3 is 2.67 bits per heavy atom. The third kappa shape index (κ3) is 4.14. The van der Waals surface area contributed by atoms with Gasteiger partial charge in [0.1, 0.15) is 12.2 Å². The predicted octanol–water partition coefficient (Wildman–Crippen LogP) is 0.258. The van der Waals surface area contributed by atoms with Crippen molar-refractivity contribution in [3.8, 4) is 0 Å². The molecule has 9 nitrogen and oxygen atoms in total. The summed E-state index contributed by atoms with van der Waals surface area (Å²) in [6.07, 6.45) is 0.743. The summed E-state index contributed by atoms with van der Waals surface area (Å²) in [6, 6.07) is 0.342. The van der Waals surface area contributed by atoms with Gasteiger partial charge in [-0.3, -0.25) is 14.5 Å². The van der Waals surface area contributed by atoms with Crippen molar-refractivity contribution in [2.75, 3.05) is 26.7 Å². The van der Waals surface area contributed by atoms with Crippen molar-refractivity contribution in [1.82, 2.24) is 29.9 Å². The van der Waals surface area contributed by atoms with E-state index in [9.17, 15) is 9.59 Å². The van der Waals surface area contributed by atoms with Crippen LogP contribution in [0.3, 0.4) is 0 Å². The smallest absolute Gasteiger partial charge is 0.289 e. The number of carbonyl (C=O) groups is 2. The van der Waals surface area contributed by atoms with Crippen molar-refractivity contribution in [3.05, 3.63) is 11.6 Å². The second kappa shape index (κ2) is 7.55. The third-order valence-electron chi connectivity index (χ3n) is 5.34. The molecule has 1 aromatic heterocycles. The van der Waals surface area contributed by atoms with Gasteiger partial charge in [0.25, 0.3) is 5.91 Å². The Morgan fingerprint density at radius 2 is 2.00 bits per heavy atom. The van der Waals surface area contributed by atoms with Crippen LogP contribution in [0.15, 0.2) is 0 Å². The second-order valence-electron chi connectivity index (χ2n) is 8.20. The molecular formula is C18H30N6O3. The maximum Gasteiger partial charge on any atom is 0.289 e. The van der Waals surface area contributed by atoms with Gasteiger partial charge in [-0.15, -0.1) is 10.2 Å². The zero-order valence-electron chi connectivity index (χ0n) is 16.9. The number of aromatic nitrogens is 3. The molecule has 1 atom stereocenters. The van der Waals surface area contributed by atoms with E-state index in [1.807, 2.05) is 35.3 Å². The topological polar surface area (TPSA) is 92.6 Å². The fourth-order valence-electron chi connectivity index (χ4n) is 3.45. The maximum absolute atomic E-state index is 12.6. The molecule has 1 saturated heterocycles. The van der Waals surface area contributed by atoms with Crippen molar-refractivity contribution < 1.29 is 14.3 Å². The van der Waals surface area contributed by atoms with E-state index in [2.05, 4.69) is 29.4 Å². The molecule has 0 aromatic carbocycles. The number of rotatable bonds is 5. The van der Waals surface area contributed by atoms with Crippen LogP contribution in [0.5, 0.6) is 0 Å². The number of hydrogen-bond donors (Lipinski definition) is 1.